The van der Waals surface area contributed by atoms with Crippen LogP contribution in [0, 0.1) is 6.92 Å². The Balaban J connectivity index is 2.42. The second-order valence-corrected chi connectivity index (χ2v) is 4.20. The summed E-state index contributed by atoms with van der Waals surface area (Å²) in [5.41, 5.74) is 3.07. The summed E-state index contributed by atoms with van der Waals surface area (Å²) in [6.07, 6.45) is 4.72. The predicted molar refractivity (Wildman–Crippen MR) is 72.4 cm³/mol. The van der Waals surface area contributed by atoms with Crippen molar-refractivity contribution in [2.45, 2.75) is 33.7 Å². The first-order chi connectivity index (χ1) is 8.76. The quantitative estimate of drug-likeness (QED) is 0.879. The highest BCUT2D eigenvalue weighted by Gasteiger charge is 2.10. The van der Waals surface area contributed by atoms with E-state index in [-0.39, 0.29) is 0 Å². The van der Waals surface area contributed by atoms with Crippen molar-refractivity contribution in [2.24, 2.45) is 0 Å². The Morgan fingerprint density at radius 2 is 2.17 bits per heavy atom. The summed E-state index contributed by atoms with van der Waals surface area (Å²) in [6, 6.07) is 2.00. The molecule has 0 amide bonds. The molecule has 96 valence electrons. The summed E-state index contributed by atoms with van der Waals surface area (Å²) in [6.45, 7) is 7.92. The summed E-state index contributed by atoms with van der Waals surface area (Å²) in [7, 11) is 0. The number of hydrogen-bond acceptors (Lipinski definition) is 4. The van der Waals surface area contributed by atoms with Gasteiger partial charge in [0, 0.05) is 25.5 Å². The fourth-order valence-electron chi connectivity index (χ4n) is 1.87. The van der Waals surface area contributed by atoms with Crippen molar-refractivity contribution in [1.29, 1.82) is 0 Å². The molecule has 18 heavy (non-hydrogen) atoms. The molecule has 0 saturated carbocycles. The van der Waals surface area contributed by atoms with Gasteiger partial charge >= 0.3 is 0 Å². The van der Waals surface area contributed by atoms with Crippen molar-refractivity contribution < 1.29 is 0 Å². The van der Waals surface area contributed by atoms with Crippen LogP contribution in [0.3, 0.4) is 0 Å². The third-order valence-corrected chi connectivity index (χ3v) is 2.70. The molecule has 0 bridgehead atoms. The molecule has 0 radical (unpaired) electrons. The molecule has 2 aromatic rings. The Labute approximate surface area is 107 Å². The van der Waals surface area contributed by atoms with Gasteiger partial charge in [-0.2, -0.15) is 5.10 Å². The maximum atomic E-state index is 4.56. The van der Waals surface area contributed by atoms with Crippen LogP contribution in [0.15, 0.2) is 18.5 Å². The van der Waals surface area contributed by atoms with Crippen LogP contribution in [0.25, 0.3) is 11.4 Å². The van der Waals surface area contributed by atoms with Gasteiger partial charge in [0.05, 0.1) is 11.4 Å². The predicted octanol–water partition coefficient (Wildman–Crippen LogP) is 2.49. The molecular weight excluding hydrogens is 226 g/mol. The lowest BCUT2D eigenvalue weighted by atomic mass is 10.2. The van der Waals surface area contributed by atoms with E-state index in [1.54, 1.807) is 0 Å². The molecule has 0 atom stereocenters. The van der Waals surface area contributed by atoms with Gasteiger partial charge in [0.15, 0.2) is 0 Å². The van der Waals surface area contributed by atoms with Crippen molar-refractivity contribution in [1.82, 2.24) is 19.7 Å². The summed E-state index contributed by atoms with van der Waals surface area (Å²) < 4.78 is 1.99. The van der Waals surface area contributed by atoms with Gasteiger partial charge < -0.3 is 5.32 Å². The van der Waals surface area contributed by atoms with Crippen molar-refractivity contribution in [3.8, 4) is 11.4 Å². The van der Waals surface area contributed by atoms with Gasteiger partial charge in [-0.25, -0.2) is 9.97 Å². The first-order valence-corrected chi connectivity index (χ1v) is 6.36. The fraction of sp³-hybridized carbons (Fsp3) is 0.462. The minimum Gasteiger partial charge on any atom is -0.354 e. The molecule has 0 saturated heterocycles. The molecular formula is C13H19N5. The molecule has 0 unspecified atom stereocenters. The van der Waals surface area contributed by atoms with Gasteiger partial charge in [-0.3, -0.25) is 4.68 Å². The number of aryl methyl sites for hydroxylation is 2. The third kappa shape index (κ3) is 2.50. The molecule has 0 aliphatic rings. The first-order valence-electron chi connectivity index (χ1n) is 6.36. The number of anilines is 1. The Hall–Kier alpha value is -1.91. The molecule has 2 rings (SSSR count). The Bertz CT molecular complexity index is 518. The van der Waals surface area contributed by atoms with Crippen LogP contribution in [-0.2, 0) is 6.54 Å². The van der Waals surface area contributed by atoms with E-state index in [1.807, 2.05) is 37.0 Å². The summed E-state index contributed by atoms with van der Waals surface area (Å²) in [5, 5.41) is 7.47. The average Bonchev–Trinajstić information content (AvgIpc) is 2.81. The molecule has 2 heterocycles. The zero-order valence-corrected chi connectivity index (χ0v) is 11.1. The maximum Gasteiger partial charge on any atom is 0.223 e. The maximum absolute atomic E-state index is 4.56. The van der Waals surface area contributed by atoms with Gasteiger partial charge in [-0.1, -0.05) is 6.92 Å². The van der Waals surface area contributed by atoms with Crippen molar-refractivity contribution >= 4 is 5.95 Å². The minimum atomic E-state index is 0.669. The molecule has 0 fully saturated rings. The van der Waals surface area contributed by atoms with Crippen LogP contribution in [0.5, 0.6) is 0 Å². The fourth-order valence-corrected chi connectivity index (χ4v) is 1.87. The molecule has 0 spiro atoms. The van der Waals surface area contributed by atoms with Crippen molar-refractivity contribution in [2.75, 3.05) is 11.9 Å². The number of nitrogens with one attached hydrogen (secondary N) is 1. The van der Waals surface area contributed by atoms with Gasteiger partial charge in [0.2, 0.25) is 5.95 Å². The normalized spacial score (nSPS) is 10.6. The SMILES string of the molecule is CCCn1nccc1-c1nc(NCC)ncc1C. The highest BCUT2D eigenvalue weighted by Crippen LogP contribution is 2.21. The Kier molecular flexibility index (Phi) is 3.92. The largest absolute Gasteiger partial charge is 0.354 e. The molecule has 0 aliphatic carbocycles. The summed E-state index contributed by atoms with van der Waals surface area (Å²) in [5.74, 6) is 0.669. The zero-order chi connectivity index (χ0) is 13.0. The number of aromatic nitrogens is 4. The van der Waals surface area contributed by atoms with Crippen molar-refractivity contribution in [3.63, 3.8) is 0 Å². The van der Waals surface area contributed by atoms with E-state index in [0.29, 0.717) is 5.95 Å². The number of rotatable bonds is 5. The molecule has 0 aromatic carbocycles. The van der Waals surface area contributed by atoms with E-state index in [1.165, 1.54) is 0 Å². The van der Waals surface area contributed by atoms with Crippen molar-refractivity contribution in [3.05, 3.63) is 24.0 Å². The van der Waals surface area contributed by atoms with Gasteiger partial charge in [-0.05, 0) is 31.9 Å². The van der Waals surface area contributed by atoms with E-state index in [0.717, 1.165) is 36.5 Å². The van der Waals surface area contributed by atoms with E-state index < -0.39 is 0 Å². The van der Waals surface area contributed by atoms with Crippen LogP contribution in [-0.4, -0.2) is 26.3 Å². The average molecular weight is 245 g/mol. The Morgan fingerprint density at radius 1 is 1.33 bits per heavy atom. The molecule has 0 aliphatic heterocycles. The lowest BCUT2D eigenvalue weighted by Gasteiger charge is -2.09. The molecule has 1 N–H and O–H groups in total. The summed E-state index contributed by atoms with van der Waals surface area (Å²) >= 11 is 0. The number of nitrogens with zero attached hydrogens (tertiary/aromatic N) is 4. The third-order valence-electron chi connectivity index (χ3n) is 2.70. The van der Waals surface area contributed by atoms with Gasteiger partial charge in [0.25, 0.3) is 0 Å². The van der Waals surface area contributed by atoms with Crippen LogP contribution in [0.2, 0.25) is 0 Å². The van der Waals surface area contributed by atoms with E-state index in [4.69, 9.17) is 0 Å². The first kappa shape index (κ1) is 12.5. The van der Waals surface area contributed by atoms with Crippen LogP contribution >= 0.6 is 0 Å². The summed E-state index contributed by atoms with van der Waals surface area (Å²) in [4.78, 5) is 8.83. The topological polar surface area (TPSA) is 55.6 Å². The highest BCUT2D eigenvalue weighted by atomic mass is 15.3. The van der Waals surface area contributed by atoms with E-state index in [2.05, 4.69) is 27.3 Å². The van der Waals surface area contributed by atoms with Crippen LogP contribution in [0.4, 0.5) is 5.95 Å². The van der Waals surface area contributed by atoms with E-state index >= 15 is 0 Å². The second kappa shape index (κ2) is 5.62. The second-order valence-electron chi connectivity index (χ2n) is 4.20. The highest BCUT2D eigenvalue weighted by molar-refractivity contribution is 5.59. The zero-order valence-electron chi connectivity index (χ0n) is 11.1. The minimum absolute atomic E-state index is 0.669. The Morgan fingerprint density at radius 3 is 2.89 bits per heavy atom. The van der Waals surface area contributed by atoms with E-state index in [9.17, 15) is 0 Å². The lowest BCUT2D eigenvalue weighted by Crippen LogP contribution is -2.07. The van der Waals surface area contributed by atoms with Gasteiger partial charge in [-0.15, -0.1) is 0 Å². The van der Waals surface area contributed by atoms with Crippen LogP contribution < -0.4 is 5.32 Å². The molecule has 5 heteroatoms. The lowest BCUT2D eigenvalue weighted by molar-refractivity contribution is 0.607. The number of hydrogen-bond donors (Lipinski definition) is 1. The molecule has 5 nitrogen and oxygen atoms in total. The van der Waals surface area contributed by atoms with Crippen LogP contribution in [0.1, 0.15) is 25.8 Å². The van der Waals surface area contributed by atoms with Gasteiger partial charge in [0.1, 0.15) is 0 Å². The monoisotopic (exact) mass is 245 g/mol. The molecule has 2 aromatic heterocycles. The smallest absolute Gasteiger partial charge is 0.223 e. The standard InChI is InChI=1S/C13H19N5/c1-4-8-18-11(6-7-16-18)12-10(3)9-15-13(17-12)14-5-2/h6-7,9H,4-5,8H2,1-3H3,(H,14,15,17).